The van der Waals surface area contributed by atoms with Crippen molar-refractivity contribution in [1.29, 1.82) is 0 Å². The molecule has 0 aromatic carbocycles. The van der Waals surface area contributed by atoms with Crippen molar-refractivity contribution >= 4 is 6.03 Å². The van der Waals surface area contributed by atoms with E-state index in [1.54, 1.807) is 4.90 Å². The minimum absolute atomic E-state index is 0.128. The maximum absolute atomic E-state index is 11.0. The highest BCUT2D eigenvalue weighted by Crippen LogP contribution is 2.24. The molecule has 5 nitrogen and oxygen atoms in total. The average molecular weight is 255 g/mol. The van der Waals surface area contributed by atoms with Crippen molar-refractivity contribution in [2.75, 3.05) is 19.6 Å². The molecule has 1 aliphatic carbocycles. The summed E-state index contributed by atoms with van der Waals surface area (Å²) in [5.74, 6) is 0.410. The number of nitrogens with two attached hydrogens (primary N) is 1. The Hall–Kier alpha value is -0.810. The lowest BCUT2D eigenvalue weighted by atomic mass is 9.86. The lowest BCUT2D eigenvalue weighted by Crippen LogP contribution is -2.48. The number of piperidine rings is 1. The van der Waals surface area contributed by atoms with E-state index in [0.717, 1.165) is 51.7 Å². The number of nitrogens with one attached hydrogen (secondary N) is 1. The Morgan fingerprint density at radius 3 is 2.50 bits per heavy atom. The van der Waals surface area contributed by atoms with E-state index in [4.69, 9.17) is 5.73 Å². The highest BCUT2D eigenvalue weighted by Gasteiger charge is 2.25. The molecule has 4 N–H and O–H groups in total. The third kappa shape index (κ3) is 3.59. The molecule has 104 valence electrons. The van der Waals surface area contributed by atoms with E-state index >= 15 is 0 Å². The van der Waals surface area contributed by atoms with Gasteiger partial charge in [0.25, 0.3) is 0 Å². The third-order valence-corrected chi connectivity index (χ3v) is 4.34. The summed E-state index contributed by atoms with van der Waals surface area (Å²) in [6.07, 6.45) is 6.29. The second kappa shape index (κ2) is 6.38. The quantitative estimate of drug-likeness (QED) is 0.693. The number of aliphatic hydroxyl groups excluding tert-OH is 1. The molecule has 2 fully saturated rings. The predicted octanol–water partition coefficient (Wildman–Crippen LogP) is 0.670. The van der Waals surface area contributed by atoms with Crippen LogP contribution in [0.5, 0.6) is 0 Å². The Morgan fingerprint density at radius 2 is 1.89 bits per heavy atom. The zero-order valence-corrected chi connectivity index (χ0v) is 11.0. The van der Waals surface area contributed by atoms with Crippen molar-refractivity contribution in [3.63, 3.8) is 0 Å². The molecule has 2 unspecified atom stereocenters. The van der Waals surface area contributed by atoms with Crippen molar-refractivity contribution in [2.24, 2.45) is 11.7 Å². The molecular formula is C13H25N3O2. The van der Waals surface area contributed by atoms with Gasteiger partial charge in [-0.25, -0.2) is 4.79 Å². The van der Waals surface area contributed by atoms with E-state index < -0.39 is 0 Å². The first-order chi connectivity index (χ1) is 8.66. The van der Waals surface area contributed by atoms with Crippen LogP contribution in [0.3, 0.4) is 0 Å². The number of primary amides is 1. The van der Waals surface area contributed by atoms with Gasteiger partial charge in [-0.1, -0.05) is 12.8 Å². The summed E-state index contributed by atoms with van der Waals surface area (Å²) in [6, 6.07) is 0.158. The van der Waals surface area contributed by atoms with Gasteiger partial charge < -0.3 is 21.1 Å². The van der Waals surface area contributed by atoms with E-state index in [1.807, 2.05) is 0 Å². The standard InChI is InChI=1S/C13H25N3O2/c14-13(18)16-7-5-11(6-8-16)15-9-10-3-1-2-4-12(10)17/h10-12,15,17H,1-9H2,(H2,14,18). The normalized spacial score (nSPS) is 30.4. The Labute approximate surface area is 109 Å². The molecule has 0 bridgehead atoms. The number of hydrogen-bond acceptors (Lipinski definition) is 3. The van der Waals surface area contributed by atoms with Crippen LogP contribution >= 0.6 is 0 Å². The summed E-state index contributed by atoms with van der Waals surface area (Å²) in [5.41, 5.74) is 5.26. The predicted molar refractivity (Wildman–Crippen MR) is 70.1 cm³/mol. The van der Waals surface area contributed by atoms with Crippen molar-refractivity contribution in [3.8, 4) is 0 Å². The van der Waals surface area contributed by atoms with Crippen molar-refractivity contribution in [3.05, 3.63) is 0 Å². The van der Waals surface area contributed by atoms with Gasteiger partial charge in [0.05, 0.1) is 6.10 Å². The van der Waals surface area contributed by atoms with Crippen LogP contribution in [0.15, 0.2) is 0 Å². The van der Waals surface area contributed by atoms with Crippen LogP contribution in [0, 0.1) is 5.92 Å². The lowest BCUT2D eigenvalue weighted by Gasteiger charge is -2.34. The van der Waals surface area contributed by atoms with Gasteiger partial charge in [-0.3, -0.25) is 0 Å². The van der Waals surface area contributed by atoms with Gasteiger partial charge in [0.15, 0.2) is 0 Å². The van der Waals surface area contributed by atoms with Gasteiger partial charge in [-0.2, -0.15) is 0 Å². The van der Waals surface area contributed by atoms with Gasteiger partial charge in [0.2, 0.25) is 0 Å². The number of hydrogen-bond donors (Lipinski definition) is 3. The Balaban J connectivity index is 1.67. The molecule has 0 aromatic rings. The molecule has 0 radical (unpaired) electrons. The number of carbonyl (C=O) groups excluding carboxylic acids is 1. The Kier molecular flexibility index (Phi) is 4.83. The minimum Gasteiger partial charge on any atom is -0.393 e. The first kappa shape index (κ1) is 13.6. The third-order valence-electron chi connectivity index (χ3n) is 4.34. The topological polar surface area (TPSA) is 78.6 Å². The second-order valence-corrected chi connectivity index (χ2v) is 5.62. The zero-order valence-electron chi connectivity index (χ0n) is 11.0. The average Bonchev–Trinajstić information content (AvgIpc) is 2.38. The first-order valence-electron chi connectivity index (χ1n) is 7.12. The molecule has 1 heterocycles. The molecule has 2 rings (SSSR count). The molecule has 0 aromatic heterocycles. The summed E-state index contributed by atoms with van der Waals surface area (Å²) < 4.78 is 0. The number of rotatable bonds is 3. The summed E-state index contributed by atoms with van der Waals surface area (Å²) >= 11 is 0. The van der Waals surface area contributed by atoms with Crippen LogP contribution in [-0.2, 0) is 0 Å². The fraction of sp³-hybridized carbons (Fsp3) is 0.923. The highest BCUT2D eigenvalue weighted by molar-refractivity contribution is 5.72. The van der Waals surface area contributed by atoms with Crippen LogP contribution in [0.4, 0.5) is 4.79 Å². The largest absolute Gasteiger partial charge is 0.393 e. The van der Waals surface area contributed by atoms with Crippen LogP contribution in [0.2, 0.25) is 0 Å². The summed E-state index contributed by atoms with van der Waals surface area (Å²) in [4.78, 5) is 12.7. The smallest absolute Gasteiger partial charge is 0.314 e. The number of urea groups is 1. The molecule has 1 aliphatic heterocycles. The molecule has 1 saturated heterocycles. The van der Waals surface area contributed by atoms with Crippen LogP contribution < -0.4 is 11.1 Å². The minimum atomic E-state index is -0.309. The van der Waals surface area contributed by atoms with Gasteiger partial charge in [0.1, 0.15) is 0 Å². The van der Waals surface area contributed by atoms with E-state index in [0.29, 0.717) is 12.0 Å². The van der Waals surface area contributed by atoms with Crippen LogP contribution in [0.1, 0.15) is 38.5 Å². The van der Waals surface area contributed by atoms with Crippen LogP contribution in [-0.4, -0.2) is 47.8 Å². The lowest BCUT2D eigenvalue weighted by molar-refractivity contribution is 0.0666. The monoisotopic (exact) mass is 255 g/mol. The summed E-state index contributed by atoms with van der Waals surface area (Å²) in [5, 5.41) is 13.4. The fourth-order valence-corrected chi connectivity index (χ4v) is 3.05. The molecule has 18 heavy (non-hydrogen) atoms. The summed E-state index contributed by atoms with van der Waals surface area (Å²) in [6.45, 7) is 2.41. The molecule has 1 saturated carbocycles. The fourth-order valence-electron chi connectivity index (χ4n) is 3.05. The second-order valence-electron chi connectivity index (χ2n) is 5.62. The molecule has 5 heteroatoms. The van der Waals surface area contributed by atoms with Crippen molar-refractivity contribution in [2.45, 2.75) is 50.7 Å². The van der Waals surface area contributed by atoms with Crippen molar-refractivity contribution < 1.29 is 9.90 Å². The highest BCUT2D eigenvalue weighted by atomic mass is 16.3. The number of nitrogens with zero attached hydrogens (tertiary/aromatic N) is 1. The molecule has 2 atom stereocenters. The SMILES string of the molecule is NC(=O)N1CCC(NCC2CCCCC2O)CC1. The maximum Gasteiger partial charge on any atom is 0.314 e. The Bertz CT molecular complexity index is 277. The maximum atomic E-state index is 11.0. The number of amides is 2. The van der Waals surface area contributed by atoms with Gasteiger partial charge in [-0.15, -0.1) is 0 Å². The number of aliphatic hydroxyl groups is 1. The van der Waals surface area contributed by atoms with Gasteiger partial charge >= 0.3 is 6.03 Å². The molecule has 2 aliphatic rings. The molecular weight excluding hydrogens is 230 g/mol. The van der Waals surface area contributed by atoms with E-state index in [1.165, 1.54) is 6.42 Å². The van der Waals surface area contributed by atoms with E-state index in [2.05, 4.69) is 5.32 Å². The zero-order chi connectivity index (χ0) is 13.0. The van der Waals surface area contributed by atoms with Crippen LogP contribution in [0.25, 0.3) is 0 Å². The van der Waals surface area contributed by atoms with Crippen molar-refractivity contribution in [1.82, 2.24) is 10.2 Å². The number of carbonyl (C=O) groups is 1. The van der Waals surface area contributed by atoms with E-state index in [9.17, 15) is 9.90 Å². The first-order valence-corrected chi connectivity index (χ1v) is 7.12. The van der Waals surface area contributed by atoms with Gasteiger partial charge in [-0.05, 0) is 31.6 Å². The molecule has 0 spiro atoms. The number of likely N-dealkylation sites (tertiary alicyclic amines) is 1. The van der Waals surface area contributed by atoms with Gasteiger partial charge in [0, 0.05) is 25.7 Å². The van der Waals surface area contributed by atoms with E-state index in [-0.39, 0.29) is 12.1 Å². The molecule has 2 amide bonds. The Morgan fingerprint density at radius 1 is 1.22 bits per heavy atom. The summed E-state index contributed by atoms with van der Waals surface area (Å²) in [7, 11) is 0.